The van der Waals surface area contributed by atoms with Gasteiger partial charge in [0.15, 0.2) is 0 Å². The number of epoxide rings is 2. The van der Waals surface area contributed by atoms with Crippen molar-refractivity contribution >= 4 is 18.0 Å². The molecule has 2 heterocycles. The zero-order valence-electron chi connectivity index (χ0n) is 27.4. The SMILES string of the molecule is COC1C(OC(=O)N[C@@H](COC(=O)NCCCCCCCC(=O)C[NH-])C(C)C)CC[C@]2(CO2)C1[C@@]1(C)O[C@@H]1CC=C(C)C.[V]. The molecule has 44 heavy (non-hydrogen) atoms. The van der Waals surface area contributed by atoms with Crippen LogP contribution in [0, 0.1) is 11.8 Å². The Morgan fingerprint density at radius 1 is 1.09 bits per heavy atom. The Hall–Kier alpha value is -1.63. The zero-order valence-corrected chi connectivity index (χ0v) is 28.8. The number of rotatable bonds is 18. The number of hydrogen-bond acceptors (Lipinski definition) is 8. The van der Waals surface area contributed by atoms with Gasteiger partial charge in [-0.05, 0) is 58.8 Å². The van der Waals surface area contributed by atoms with Gasteiger partial charge in [0.25, 0.3) is 0 Å². The standard InChI is InChI=1S/C32H54N3O8.V/c1-21(2)13-14-26-31(5,43-26)28-27(39-6)25(15-16-32(28)20-41-32)42-30(38)35-24(22(3)4)19-40-29(37)34-17-11-9-7-8-10-12-23(36)18-33;/h13,22,24-28,33H,7-12,14-20H2,1-6H3,(H,34,37)(H,35,38);/q-1;/t24-,25?,26+,27?,28?,31-,32-;/m0./s1. The molecule has 1 aliphatic carbocycles. The van der Waals surface area contributed by atoms with Gasteiger partial charge in [0.05, 0.1) is 24.7 Å². The number of amides is 2. The predicted molar refractivity (Wildman–Crippen MR) is 163 cm³/mol. The Labute approximate surface area is 275 Å². The number of carbonyl (C=O) groups excluding carboxylic acids is 3. The fourth-order valence-electron chi connectivity index (χ4n) is 6.27. The molecule has 3 N–H and O–H groups in total. The van der Waals surface area contributed by atoms with Gasteiger partial charge in [-0.15, -0.1) is 0 Å². The number of allylic oxidation sites excluding steroid dienone is 1. The molecule has 3 rings (SSSR count). The Bertz CT molecular complexity index is 971. The van der Waals surface area contributed by atoms with E-state index in [-0.39, 0.29) is 67.1 Å². The van der Waals surface area contributed by atoms with Crippen molar-refractivity contribution in [1.82, 2.24) is 10.6 Å². The Balaban J connectivity index is 0.00000675. The Morgan fingerprint density at radius 3 is 2.39 bits per heavy atom. The molecule has 1 radical (unpaired) electrons. The average molecular weight is 660 g/mol. The molecule has 3 unspecified atom stereocenters. The fourth-order valence-corrected chi connectivity index (χ4v) is 6.27. The van der Waals surface area contributed by atoms with E-state index in [0.29, 0.717) is 26.0 Å². The molecular weight excluding hydrogens is 605 g/mol. The van der Waals surface area contributed by atoms with Crippen LogP contribution in [-0.2, 0) is 47.0 Å². The van der Waals surface area contributed by atoms with Crippen LogP contribution in [0.2, 0.25) is 0 Å². The molecule has 0 aromatic carbocycles. The van der Waals surface area contributed by atoms with E-state index < -0.39 is 29.9 Å². The first-order valence-electron chi connectivity index (χ1n) is 16.0. The van der Waals surface area contributed by atoms with Gasteiger partial charge in [0, 0.05) is 38.6 Å². The van der Waals surface area contributed by atoms with Crippen molar-refractivity contribution in [3.63, 3.8) is 0 Å². The molecule has 2 aliphatic heterocycles. The van der Waals surface area contributed by atoms with Gasteiger partial charge in [-0.3, -0.25) is 0 Å². The molecule has 12 heteroatoms. The third-order valence-electron chi connectivity index (χ3n) is 9.10. The molecule has 3 aliphatic rings. The van der Waals surface area contributed by atoms with Crippen LogP contribution in [0.1, 0.15) is 92.4 Å². The van der Waals surface area contributed by atoms with Crippen LogP contribution in [0.15, 0.2) is 11.6 Å². The largest absolute Gasteiger partial charge is 0.671 e. The van der Waals surface area contributed by atoms with E-state index in [0.717, 1.165) is 44.9 Å². The van der Waals surface area contributed by atoms with Gasteiger partial charge >= 0.3 is 12.2 Å². The molecule has 0 aromatic rings. The second-order valence-corrected chi connectivity index (χ2v) is 13.1. The number of hydrogen-bond donors (Lipinski definition) is 2. The minimum atomic E-state index is -0.562. The summed E-state index contributed by atoms with van der Waals surface area (Å²) >= 11 is 0. The number of alkyl carbamates (subject to hydrolysis) is 2. The van der Waals surface area contributed by atoms with E-state index in [1.807, 2.05) is 13.8 Å². The van der Waals surface area contributed by atoms with E-state index in [4.69, 9.17) is 29.4 Å². The maximum Gasteiger partial charge on any atom is 0.407 e. The monoisotopic (exact) mass is 659 g/mol. The second kappa shape index (κ2) is 17.9. The summed E-state index contributed by atoms with van der Waals surface area (Å²) in [5.74, 6) is -0.0624. The van der Waals surface area contributed by atoms with Crippen molar-refractivity contribution in [3.8, 4) is 0 Å². The van der Waals surface area contributed by atoms with Crippen molar-refractivity contribution < 1.29 is 56.6 Å². The third-order valence-corrected chi connectivity index (χ3v) is 9.10. The van der Waals surface area contributed by atoms with Crippen LogP contribution < -0.4 is 10.6 Å². The third kappa shape index (κ3) is 11.0. The van der Waals surface area contributed by atoms with Crippen molar-refractivity contribution in [2.75, 3.05) is 33.4 Å². The van der Waals surface area contributed by atoms with Crippen LogP contribution in [0.25, 0.3) is 5.73 Å². The molecule has 2 saturated heterocycles. The minimum Gasteiger partial charge on any atom is -0.671 e. The number of ketones is 1. The molecule has 11 nitrogen and oxygen atoms in total. The molecule has 0 bridgehead atoms. The molecule has 1 saturated carbocycles. The summed E-state index contributed by atoms with van der Waals surface area (Å²) in [6.45, 7) is 11.2. The zero-order chi connectivity index (χ0) is 31.6. The molecule has 0 aromatic heterocycles. The van der Waals surface area contributed by atoms with Gasteiger partial charge in [0.1, 0.15) is 35.8 Å². The molecular formula is C32H54N3O8V-. The Kier molecular flexibility index (Phi) is 15.7. The summed E-state index contributed by atoms with van der Waals surface area (Å²) in [5.41, 5.74) is 7.57. The Morgan fingerprint density at radius 2 is 1.77 bits per heavy atom. The van der Waals surface area contributed by atoms with Crippen molar-refractivity contribution in [1.29, 1.82) is 0 Å². The first-order chi connectivity index (χ1) is 20.5. The number of unbranched alkanes of at least 4 members (excludes halogenated alkanes) is 4. The molecule has 251 valence electrons. The van der Waals surface area contributed by atoms with Gasteiger partial charge in [-0.25, -0.2) is 9.59 Å². The van der Waals surface area contributed by atoms with Gasteiger partial charge < -0.3 is 44.8 Å². The quantitative estimate of drug-likeness (QED) is 0.111. The summed E-state index contributed by atoms with van der Waals surface area (Å²) in [5, 5.41) is 5.65. The number of carbonyl (C=O) groups is 3. The number of Topliss-reactive ketones (excluding diaryl/α,β-unsaturated/α-hetero) is 1. The van der Waals surface area contributed by atoms with Crippen LogP contribution in [-0.4, -0.2) is 86.9 Å². The number of nitrogens with one attached hydrogen (secondary N) is 3. The summed E-state index contributed by atoms with van der Waals surface area (Å²) < 4.78 is 29.6. The maximum absolute atomic E-state index is 13.1. The maximum atomic E-state index is 13.1. The van der Waals surface area contributed by atoms with E-state index in [9.17, 15) is 14.4 Å². The average Bonchev–Trinajstić information content (AvgIpc) is 3.88. The predicted octanol–water partition coefficient (Wildman–Crippen LogP) is 5.50. The summed E-state index contributed by atoms with van der Waals surface area (Å²) in [6.07, 6.45) is 7.55. The van der Waals surface area contributed by atoms with Crippen LogP contribution in [0.3, 0.4) is 0 Å². The molecule has 1 spiro atoms. The van der Waals surface area contributed by atoms with Crippen molar-refractivity contribution in [2.24, 2.45) is 11.8 Å². The topological polar surface area (TPSA) is 152 Å². The van der Waals surface area contributed by atoms with Gasteiger partial charge in [0.2, 0.25) is 0 Å². The van der Waals surface area contributed by atoms with E-state index in [2.05, 4.69) is 37.5 Å². The first-order valence-corrected chi connectivity index (χ1v) is 16.0. The fraction of sp³-hybridized carbons (Fsp3) is 0.844. The van der Waals surface area contributed by atoms with E-state index in [1.54, 1.807) is 7.11 Å². The number of methoxy groups -OCH3 is 1. The molecule has 3 fully saturated rings. The van der Waals surface area contributed by atoms with E-state index in [1.165, 1.54) is 5.57 Å². The van der Waals surface area contributed by atoms with Gasteiger partial charge in [-0.1, -0.05) is 51.3 Å². The van der Waals surface area contributed by atoms with Crippen molar-refractivity contribution in [3.05, 3.63) is 17.4 Å². The van der Waals surface area contributed by atoms with Crippen LogP contribution in [0.4, 0.5) is 9.59 Å². The van der Waals surface area contributed by atoms with Crippen LogP contribution in [0.5, 0.6) is 0 Å². The second-order valence-electron chi connectivity index (χ2n) is 13.1. The normalized spacial score (nSPS) is 29.3. The van der Waals surface area contributed by atoms with E-state index >= 15 is 0 Å². The van der Waals surface area contributed by atoms with Crippen LogP contribution >= 0.6 is 0 Å². The van der Waals surface area contributed by atoms with Crippen molar-refractivity contribution in [2.45, 2.75) is 128 Å². The summed E-state index contributed by atoms with van der Waals surface area (Å²) in [7, 11) is 1.65. The minimum absolute atomic E-state index is 0. The smallest absolute Gasteiger partial charge is 0.407 e. The molecule has 7 atom stereocenters. The summed E-state index contributed by atoms with van der Waals surface area (Å²) in [4.78, 5) is 36.5. The number of ether oxygens (including phenoxy) is 5. The summed E-state index contributed by atoms with van der Waals surface area (Å²) in [6, 6.07) is -0.416. The first kappa shape index (κ1) is 38.6. The van der Waals surface area contributed by atoms with Gasteiger partial charge in [-0.2, -0.15) is 0 Å². The molecule has 2 amide bonds.